The van der Waals surface area contributed by atoms with Crippen LogP contribution in [0, 0.1) is 0 Å². The number of amides is 2. The Morgan fingerprint density at radius 1 is 1.12 bits per heavy atom. The van der Waals surface area contributed by atoms with Crippen LogP contribution >= 0.6 is 0 Å². The van der Waals surface area contributed by atoms with Crippen molar-refractivity contribution < 1.29 is 18.0 Å². The van der Waals surface area contributed by atoms with Crippen molar-refractivity contribution in [3.8, 4) is 0 Å². The molecule has 1 aromatic heterocycles. The lowest BCUT2D eigenvalue weighted by atomic mass is 10.1. The number of para-hydroxylation sites is 2. The first-order chi connectivity index (χ1) is 11.4. The molecule has 0 fully saturated rings. The van der Waals surface area contributed by atoms with Crippen LogP contribution in [-0.2, 0) is 12.7 Å². The molecule has 0 unspecified atom stereocenters. The molecule has 0 atom stereocenters. The minimum atomic E-state index is -4.41. The summed E-state index contributed by atoms with van der Waals surface area (Å²) in [5.41, 5.74) is 3.60. The number of carbonyl (C=O) groups excluding carboxylic acids is 1. The second-order valence-electron chi connectivity index (χ2n) is 5.10. The highest BCUT2D eigenvalue weighted by Crippen LogP contribution is 2.29. The van der Waals surface area contributed by atoms with E-state index >= 15 is 0 Å². The Balaban J connectivity index is 1.64. The van der Waals surface area contributed by atoms with Gasteiger partial charge in [-0.1, -0.05) is 24.3 Å². The van der Waals surface area contributed by atoms with Crippen LogP contribution in [0.5, 0.6) is 0 Å². The molecule has 5 nitrogen and oxygen atoms in total. The standard InChI is InChI=1S/C16H13F3N4O/c17-16(18,19)12-5-3-4-11(8-12)9-20-15(24)22-23-10-21-13-6-1-2-7-14(13)23/h1-8,10H,9H2,(H2,20,22,24). The predicted octanol–water partition coefficient (Wildman–Crippen LogP) is 3.51. The van der Waals surface area contributed by atoms with Crippen LogP contribution in [0.15, 0.2) is 54.9 Å². The van der Waals surface area contributed by atoms with Crippen LogP contribution in [0.4, 0.5) is 18.0 Å². The van der Waals surface area contributed by atoms with E-state index in [0.29, 0.717) is 11.1 Å². The molecule has 0 aliphatic rings. The van der Waals surface area contributed by atoms with Crippen molar-refractivity contribution in [3.63, 3.8) is 0 Å². The van der Waals surface area contributed by atoms with Gasteiger partial charge in [-0.2, -0.15) is 13.2 Å². The monoisotopic (exact) mass is 334 g/mol. The van der Waals surface area contributed by atoms with Crippen LogP contribution in [0.25, 0.3) is 11.0 Å². The van der Waals surface area contributed by atoms with Crippen LogP contribution in [-0.4, -0.2) is 15.7 Å². The molecule has 0 radical (unpaired) electrons. The van der Waals surface area contributed by atoms with Crippen molar-refractivity contribution in [3.05, 3.63) is 66.0 Å². The summed E-state index contributed by atoms with van der Waals surface area (Å²) in [6.45, 7) is -0.0254. The minimum absolute atomic E-state index is 0.0254. The maximum Gasteiger partial charge on any atom is 0.416 e. The van der Waals surface area contributed by atoms with Crippen molar-refractivity contribution in [1.82, 2.24) is 15.0 Å². The first-order valence-electron chi connectivity index (χ1n) is 7.06. The summed E-state index contributed by atoms with van der Waals surface area (Å²) in [5.74, 6) is 0. The Morgan fingerprint density at radius 3 is 2.71 bits per heavy atom. The molecule has 0 aliphatic heterocycles. The number of hydrogen-bond acceptors (Lipinski definition) is 2. The molecule has 0 saturated heterocycles. The zero-order chi connectivity index (χ0) is 17.2. The molecule has 0 spiro atoms. The van der Waals surface area contributed by atoms with Crippen LogP contribution < -0.4 is 10.7 Å². The zero-order valence-electron chi connectivity index (χ0n) is 12.3. The number of rotatable bonds is 3. The minimum Gasteiger partial charge on any atom is -0.333 e. The lowest BCUT2D eigenvalue weighted by molar-refractivity contribution is -0.137. The normalized spacial score (nSPS) is 11.5. The van der Waals surface area contributed by atoms with Gasteiger partial charge in [0.15, 0.2) is 0 Å². The van der Waals surface area contributed by atoms with E-state index in [1.54, 1.807) is 12.1 Å². The summed E-state index contributed by atoms with van der Waals surface area (Å²) in [6.07, 6.45) is -2.96. The number of alkyl halides is 3. The molecule has 124 valence electrons. The number of nitrogens with one attached hydrogen (secondary N) is 2. The Labute approximate surface area is 135 Å². The third kappa shape index (κ3) is 3.48. The number of urea groups is 1. The highest BCUT2D eigenvalue weighted by molar-refractivity contribution is 5.85. The first-order valence-corrected chi connectivity index (χ1v) is 7.06. The summed E-state index contributed by atoms with van der Waals surface area (Å²) < 4.78 is 39.4. The van der Waals surface area contributed by atoms with Crippen molar-refractivity contribution in [2.45, 2.75) is 12.7 Å². The maximum atomic E-state index is 12.7. The van der Waals surface area contributed by atoms with E-state index in [1.807, 2.05) is 12.1 Å². The molecule has 2 amide bonds. The smallest absolute Gasteiger partial charge is 0.333 e. The van der Waals surface area contributed by atoms with Gasteiger partial charge in [0.05, 0.1) is 16.6 Å². The molecule has 8 heteroatoms. The lowest BCUT2D eigenvalue weighted by Gasteiger charge is -2.11. The molecule has 2 N–H and O–H groups in total. The van der Waals surface area contributed by atoms with Crippen LogP contribution in [0.2, 0.25) is 0 Å². The molecule has 0 bridgehead atoms. The highest BCUT2D eigenvalue weighted by atomic mass is 19.4. The van der Waals surface area contributed by atoms with E-state index in [4.69, 9.17) is 0 Å². The van der Waals surface area contributed by atoms with Crippen LogP contribution in [0.1, 0.15) is 11.1 Å². The van der Waals surface area contributed by atoms with Crippen molar-refractivity contribution in [2.75, 3.05) is 5.43 Å². The Bertz CT molecular complexity index is 873. The quantitative estimate of drug-likeness (QED) is 0.770. The predicted molar refractivity (Wildman–Crippen MR) is 82.8 cm³/mol. The van der Waals surface area contributed by atoms with Gasteiger partial charge < -0.3 is 5.32 Å². The van der Waals surface area contributed by atoms with E-state index < -0.39 is 17.8 Å². The topological polar surface area (TPSA) is 59.0 Å². The van der Waals surface area contributed by atoms with E-state index in [0.717, 1.165) is 17.6 Å². The van der Waals surface area contributed by atoms with Gasteiger partial charge >= 0.3 is 12.2 Å². The average Bonchev–Trinajstić information content (AvgIpc) is 2.96. The third-order valence-corrected chi connectivity index (χ3v) is 3.38. The summed E-state index contributed by atoms with van der Waals surface area (Å²) in [5, 5.41) is 2.51. The number of hydrogen-bond donors (Lipinski definition) is 2. The molecule has 24 heavy (non-hydrogen) atoms. The van der Waals surface area contributed by atoms with Crippen molar-refractivity contribution >= 4 is 17.1 Å². The number of imidazole rings is 1. The Hall–Kier alpha value is -3.03. The molecular formula is C16H13F3N4O. The summed E-state index contributed by atoms with van der Waals surface area (Å²) >= 11 is 0. The number of benzene rings is 2. The Morgan fingerprint density at radius 2 is 1.92 bits per heavy atom. The van der Waals surface area contributed by atoms with Gasteiger partial charge in [-0.15, -0.1) is 0 Å². The number of fused-ring (bicyclic) bond motifs is 1. The summed E-state index contributed by atoms with van der Waals surface area (Å²) in [7, 11) is 0. The van der Waals surface area contributed by atoms with Crippen molar-refractivity contribution in [2.24, 2.45) is 0 Å². The lowest BCUT2D eigenvalue weighted by Crippen LogP contribution is -2.33. The number of halogens is 3. The second-order valence-corrected chi connectivity index (χ2v) is 5.10. The largest absolute Gasteiger partial charge is 0.416 e. The van der Waals surface area contributed by atoms with Gasteiger partial charge in [-0.3, -0.25) is 0 Å². The summed E-state index contributed by atoms with van der Waals surface area (Å²) in [6, 6.07) is 11.5. The fourth-order valence-electron chi connectivity index (χ4n) is 2.24. The van der Waals surface area contributed by atoms with E-state index in [9.17, 15) is 18.0 Å². The van der Waals surface area contributed by atoms with E-state index in [1.165, 1.54) is 23.1 Å². The highest BCUT2D eigenvalue weighted by Gasteiger charge is 2.30. The van der Waals surface area contributed by atoms with Gasteiger partial charge in [0.2, 0.25) is 0 Å². The van der Waals surface area contributed by atoms with E-state index in [-0.39, 0.29) is 6.54 Å². The number of carbonyl (C=O) groups is 1. The molecule has 3 rings (SSSR count). The SMILES string of the molecule is O=C(NCc1cccc(C(F)(F)F)c1)Nn1cnc2ccccc21. The maximum absolute atomic E-state index is 12.7. The molecule has 3 aromatic rings. The van der Waals surface area contributed by atoms with Crippen LogP contribution in [0.3, 0.4) is 0 Å². The summed E-state index contributed by atoms with van der Waals surface area (Å²) in [4.78, 5) is 16.0. The molecule has 0 aliphatic carbocycles. The fraction of sp³-hybridized carbons (Fsp3) is 0.125. The Kier molecular flexibility index (Phi) is 4.11. The van der Waals surface area contributed by atoms with Crippen molar-refractivity contribution in [1.29, 1.82) is 0 Å². The van der Waals surface area contributed by atoms with E-state index in [2.05, 4.69) is 15.7 Å². The number of aromatic nitrogens is 2. The molecule has 2 aromatic carbocycles. The second kappa shape index (κ2) is 6.23. The average molecular weight is 334 g/mol. The van der Waals surface area contributed by atoms with Gasteiger partial charge in [0.25, 0.3) is 0 Å². The van der Waals surface area contributed by atoms with Gasteiger partial charge in [-0.25, -0.2) is 19.9 Å². The third-order valence-electron chi connectivity index (χ3n) is 3.38. The fourth-order valence-corrected chi connectivity index (χ4v) is 2.24. The van der Waals surface area contributed by atoms with Gasteiger partial charge in [0.1, 0.15) is 6.33 Å². The van der Waals surface area contributed by atoms with Gasteiger partial charge in [0, 0.05) is 6.54 Å². The number of nitrogens with zero attached hydrogens (tertiary/aromatic N) is 2. The zero-order valence-corrected chi connectivity index (χ0v) is 12.3. The molecule has 1 heterocycles. The van der Waals surface area contributed by atoms with Gasteiger partial charge in [-0.05, 0) is 29.8 Å². The molecular weight excluding hydrogens is 321 g/mol. The first kappa shape index (κ1) is 15.9. The molecule has 0 saturated carbocycles.